The van der Waals surface area contributed by atoms with Crippen molar-refractivity contribution in [3.8, 4) is 22.4 Å². The first kappa shape index (κ1) is 17.4. The molecule has 0 unspecified atom stereocenters. The number of fused-ring (bicyclic) bond motifs is 1. The van der Waals surface area contributed by atoms with E-state index in [1.54, 1.807) is 34.8 Å². The number of halogens is 1. The van der Waals surface area contributed by atoms with Gasteiger partial charge in [-0.3, -0.25) is 0 Å². The van der Waals surface area contributed by atoms with E-state index < -0.39 is 9.84 Å². The number of pyridine rings is 1. The first-order valence-corrected chi connectivity index (χ1v) is 10.3. The minimum atomic E-state index is -3.27. The molecule has 4 aromatic rings. The van der Waals surface area contributed by atoms with Gasteiger partial charge in [-0.2, -0.15) is 5.10 Å². The third-order valence-electron chi connectivity index (χ3n) is 4.45. The fourth-order valence-electron chi connectivity index (χ4n) is 3.14. The molecule has 0 amide bonds. The number of rotatable bonds is 3. The minimum absolute atomic E-state index is 0.255. The molecule has 0 saturated carbocycles. The van der Waals surface area contributed by atoms with Crippen LogP contribution in [-0.2, 0) is 9.84 Å². The lowest BCUT2D eigenvalue weighted by atomic mass is 9.99. The van der Waals surface area contributed by atoms with E-state index in [0.29, 0.717) is 11.3 Å². The summed E-state index contributed by atoms with van der Waals surface area (Å²) in [5.41, 5.74) is 4.88. The van der Waals surface area contributed by atoms with Crippen LogP contribution in [-0.4, -0.2) is 24.3 Å². The van der Waals surface area contributed by atoms with Crippen LogP contribution in [0.4, 0.5) is 4.39 Å². The quantitative estimate of drug-likeness (QED) is 0.525. The Kier molecular flexibility index (Phi) is 4.08. The molecule has 0 aliphatic carbocycles. The standard InChI is InChI=1S/C21H17FN2O2S/c1-14-6-11-19-20(15-7-9-18(10-8-15)27(2,25)26)21(23-24(19)13-14)16-4-3-5-17(22)12-16/h3-13H,1-2H3. The van der Waals surface area contributed by atoms with E-state index in [9.17, 15) is 12.8 Å². The molecule has 2 aromatic carbocycles. The molecule has 27 heavy (non-hydrogen) atoms. The molecular formula is C21H17FN2O2S. The number of hydrogen-bond acceptors (Lipinski definition) is 3. The van der Waals surface area contributed by atoms with Crippen molar-refractivity contribution >= 4 is 15.4 Å². The minimum Gasteiger partial charge on any atom is -0.239 e. The summed E-state index contributed by atoms with van der Waals surface area (Å²) in [4.78, 5) is 0.255. The molecule has 2 aromatic heterocycles. The van der Waals surface area contributed by atoms with Crippen LogP contribution in [0.15, 0.2) is 71.8 Å². The zero-order valence-corrected chi connectivity index (χ0v) is 15.7. The van der Waals surface area contributed by atoms with E-state index in [0.717, 1.165) is 22.2 Å². The maximum atomic E-state index is 13.8. The topological polar surface area (TPSA) is 51.4 Å². The van der Waals surface area contributed by atoms with Crippen LogP contribution in [0.5, 0.6) is 0 Å². The number of sulfone groups is 1. The van der Waals surface area contributed by atoms with Crippen molar-refractivity contribution in [1.82, 2.24) is 9.61 Å². The SMILES string of the molecule is Cc1ccc2c(-c3ccc(S(C)(=O)=O)cc3)c(-c3cccc(F)c3)nn2c1. The fourth-order valence-corrected chi connectivity index (χ4v) is 3.77. The van der Waals surface area contributed by atoms with Gasteiger partial charge < -0.3 is 0 Å². The molecule has 0 saturated heterocycles. The Morgan fingerprint density at radius 3 is 2.37 bits per heavy atom. The van der Waals surface area contributed by atoms with Crippen LogP contribution in [0.1, 0.15) is 5.56 Å². The zero-order chi connectivity index (χ0) is 19.2. The van der Waals surface area contributed by atoms with Crippen LogP contribution in [0.3, 0.4) is 0 Å². The van der Waals surface area contributed by atoms with Gasteiger partial charge in [0.1, 0.15) is 11.5 Å². The second-order valence-electron chi connectivity index (χ2n) is 6.57. The summed E-state index contributed by atoms with van der Waals surface area (Å²) in [6.45, 7) is 1.98. The third-order valence-corrected chi connectivity index (χ3v) is 5.58. The highest BCUT2D eigenvalue weighted by atomic mass is 32.2. The van der Waals surface area contributed by atoms with Crippen molar-refractivity contribution in [2.75, 3.05) is 6.26 Å². The maximum Gasteiger partial charge on any atom is 0.175 e. The molecule has 6 heteroatoms. The van der Waals surface area contributed by atoms with Crippen molar-refractivity contribution in [1.29, 1.82) is 0 Å². The molecule has 0 radical (unpaired) electrons. The van der Waals surface area contributed by atoms with E-state index >= 15 is 0 Å². The highest BCUT2D eigenvalue weighted by Crippen LogP contribution is 2.35. The molecule has 2 heterocycles. The highest BCUT2D eigenvalue weighted by Gasteiger charge is 2.17. The molecule has 0 aliphatic rings. The number of benzene rings is 2. The summed E-state index contributed by atoms with van der Waals surface area (Å²) in [6, 6.07) is 16.9. The lowest BCUT2D eigenvalue weighted by Crippen LogP contribution is -1.96. The average molecular weight is 380 g/mol. The molecule has 0 bridgehead atoms. The van der Waals surface area contributed by atoms with Gasteiger partial charge in [-0.15, -0.1) is 0 Å². The summed E-state index contributed by atoms with van der Waals surface area (Å²) >= 11 is 0. The summed E-state index contributed by atoms with van der Waals surface area (Å²) in [6.07, 6.45) is 3.09. The van der Waals surface area contributed by atoms with Crippen molar-refractivity contribution in [3.63, 3.8) is 0 Å². The summed E-state index contributed by atoms with van der Waals surface area (Å²) < 4.78 is 39.1. The van der Waals surface area contributed by atoms with E-state index in [1.807, 2.05) is 31.3 Å². The Bertz CT molecular complexity index is 1260. The monoisotopic (exact) mass is 380 g/mol. The molecule has 0 aliphatic heterocycles. The van der Waals surface area contributed by atoms with E-state index in [-0.39, 0.29) is 10.7 Å². The van der Waals surface area contributed by atoms with Gasteiger partial charge >= 0.3 is 0 Å². The lowest BCUT2D eigenvalue weighted by Gasteiger charge is -2.06. The number of aromatic nitrogens is 2. The van der Waals surface area contributed by atoms with E-state index in [1.165, 1.54) is 18.4 Å². The van der Waals surface area contributed by atoms with Crippen LogP contribution < -0.4 is 0 Å². The maximum absolute atomic E-state index is 13.8. The van der Waals surface area contributed by atoms with Crippen molar-refractivity contribution in [2.45, 2.75) is 11.8 Å². The Balaban J connectivity index is 1.99. The Hall–Kier alpha value is -2.99. The predicted octanol–water partition coefficient (Wildman–Crippen LogP) is 4.52. The van der Waals surface area contributed by atoms with Gasteiger partial charge in [-0.25, -0.2) is 17.3 Å². The van der Waals surface area contributed by atoms with Crippen molar-refractivity contribution in [2.24, 2.45) is 0 Å². The Morgan fingerprint density at radius 1 is 0.963 bits per heavy atom. The van der Waals surface area contributed by atoms with Gasteiger partial charge in [-0.1, -0.05) is 30.3 Å². The summed E-state index contributed by atoms with van der Waals surface area (Å²) in [5, 5.41) is 4.66. The van der Waals surface area contributed by atoms with Gasteiger partial charge in [0.15, 0.2) is 9.84 Å². The third kappa shape index (κ3) is 3.24. The van der Waals surface area contributed by atoms with Gasteiger partial charge in [0.25, 0.3) is 0 Å². The largest absolute Gasteiger partial charge is 0.239 e. The normalized spacial score (nSPS) is 11.8. The molecule has 136 valence electrons. The van der Waals surface area contributed by atoms with Crippen LogP contribution >= 0.6 is 0 Å². The molecule has 0 N–H and O–H groups in total. The fraction of sp³-hybridized carbons (Fsp3) is 0.0952. The van der Waals surface area contributed by atoms with E-state index in [2.05, 4.69) is 5.10 Å². The second-order valence-corrected chi connectivity index (χ2v) is 8.58. The van der Waals surface area contributed by atoms with Gasteiger partial charge in [0.05, 0.1) is 10.4 Å². The molecular weight excluding hydrogens is 363 g/mol. The Labute approximate surface area is 156 Å². The van der Waals surface area contributed by atoms with Crippen LogP contribution in [0.25, 0.3) is 27.9 Å². The molecule has 0 fully saturated rings. The predicted molar refractivity (Wildman–Crippen MR) is 104 cm³/mol. The first-order chi connectivity index (χ1) is 12.8. The van der Waals surface area contributed by atoms with Crippen molar-refractivity contribution < 1.29 is 12.8 Å². The van der Waals surface area contributed by atoms with Gasteiger partial charge in [0, 0.05) is 23.6 Å². The zero-order valence-electron chi connectivity index (χ0n) is 14.8. The molecule has 4 nitrogen and oxygen atoms in total. The summed E-state index contributed by atoms with van der Waals surface area (Å²) in [7, 11) is -3.27. The summed E-state index contributed by atoms with van der Waals surface area (Å²) in [5.74, 6) is -0.334. The molecule has 0 atom stereocenters. The van der Waals surface area contributed by atoms with E-state index in [4.69, 9.17) is 0 Å². The molecule has 4 rings (SSSR count). The number of nitrogens with zero attached hydrogens (tertiary/aromatic N) is 2. The number of hydrogen-bond donors (Lipinski definition) is 0. The van der Waals surface area contributed by atoms with Gasteiger partial charge in [-0.05, 0) is 48.4 Å². The van der Waals surface area contributed by atoms with Crippen LogP contribution in [0.2, 0.25) is 0 Å². The lowest BCUT2D eigenvalue weighted by molar-refractivity contribution is 0.602. The van der Waals surface area contributed by atoms with Gasteiger partial charge in [0.2, 0.25) is 0 Å². The average Bonchev–Trinajstić information content (AvgIpc) is 2.99. The highest BCUT2D eigenvalue weighted by molar-refractivity contribution is 7.90. The van der Waals surface area contributed by atoms with Crippen LogP contribution in [0, 0.1) is 12.7 Å². The smallest absolute Gasteiger partial charge is 0.175 e. The van der Waals surface area contributed by atoms with Crippen molar-refractivity contribution in [3.05, 3.63) is 78.2 Å². The second kappa shape index (κ2) is 6.32. The molecule has 0 spiro atoms. The number of aryl methyl sites for hydroxylation is 1. The first-order valence-electron chi connectivity index (χ1n) is 8.38. The Morgan fingerprint density at radius 2 is 1.70 bits per heavy atom.